The zero-order chi connectivity index (χ0) is 21.9. The topological polar surface area (TPSA) is 92.8 Å². The van der Waals surface area contributed by atoms with Crippen LogP contribution in [-0.4, -0.2) is 44.3 Å². The molecule has 0 bridgehead atoms. The summed E-state index contributed by atoms with van der Waals surface area (Å²) in [6.45, 7) is 6.01. The lowest BCUT2D eigenvalue weighted by Gasteiger charge is -2.32. The van der Waals surface area contributed by atoms with Crippen molar-refractivity contribution in [2.75, 3.05) is 13.1 Å². The third-order valence-corrected chi connectivity index (χ3v) is 6.75. The summed E-state index contributed by atoms with van der Waals surface area (Å²) >= 11 is 0. The standard InChI is InChI=1S/C22H26N2O5S/c1-15-7-8-21(13-16(15)2)30(27,28)23-19-9-11-24(12-10-19)22(26)18-5-4-6-20(14-18)29-17(3)25/h4-8,13-14,19,23H,9-12H2,1-3H3. The number of carbonyl (C=O) groups is 2. The molecule has 0 unspecified atom stereocenters. The number of likely N-dealkylation sites (tertiary alicyclic amines) is 1. The third kappa shape index (κ3) is 5.25. The maximum Gasteiger partial charge on any atom is 0.308 e. The highest BCUT2D eigenvalue weighted by molar-refractivity contribution is 7.89. The van der Waals surface area contributed by atoms with E-state index >= 15 is 0 Å². The summed E-state index contributed by atoms with van der Waals surface area (Å²) in [6, 6.07) is 11.3. The van der Waals surface area contributed by atoms with Crippen molar-refractivity contribution in [3.05, 3.63) is 59.2 Å². The number of hydrogen-bond acceptors (Lipinski definition) is 5. The molecule has 7 nitrogen and oxygen atoms in total. The number of carbonyl (C=O) groups excluding carboxylic acids is 2. The minimum absolute atomic E-state index is 0.167. The Morgan fingerprint density at radius 2 is 1.73 bits per heavy atom. The molecule has 1 saturated heterocycles. The lowest BCUT2D eigenvalue weighted by atomic mass is 10.0. The van der Waals surface area contributed by atoms with Gasteiger partial charge in [-0.25, -0.2) is 13.1 Å². The summed E-state index contributed by atoms with van der Waals surface area (Å²) in [4.78, 5) is 25.8. The summed E-state index contributed by atoms with van der Waals surface area (Å²) in [5.74, 6) is -0.291. The lowest BCUT2D eigenvalue weighted by molar-refractivity contribution is -0.131. The number of piperidine rings is 1. The minimum atomic E-state index is -3.61. The smallest absolute Gasteiger partial charge is 0.308 e. The van der Waals surface area contributed by atoms with E-state index in [0.29, 0.717) is 37.2 Å². The van der Waals surface area contributed by atoms with Gasteiger partial charge in [0.25, 0.3) is 5.91 Å². The second-order valence-corrected chi connectivity index (χ2v) is 9.27. The van der Waals surface area contributed by atoms with Gasteiger partial charge in [0.1, 0.15) is 5.75 Å². The number of nitrogens with one attached hydrogen (secondary N) is 1. The van der Waals surface area contributed by atoms with Gasteiger partial charge in [-0.05, 0) is 68.1 Å². The van der Waals surface area contributed by atoms with Crippen molar-refractivity contribution >= 4 is 21.9 Å². The molecule has 1 amide bonds. The molecule has 1 aliphatic rings. The Hall–Kier alpha value is -2.71. The van der Waals surface area contributed by atoms with Gasteiger partial charge in [-0.1, -0.05) is 12.1 Å². The molecule has 2 aromatic rings. The zero-order valence-corrected chi connectivity index (χ0v) is 18.2. The van der Waals surface area contributed by atoms with Crippen molar-refractivity contribution in [1.29, 1.82) is 0 Å². The normalized spacial score (nSPS) is 15.1. The van der Waals surface area contributed by atoms with E-state index in [1.807, 2.05) is 13.8 Å². The van der Waals surface area contributed by atoms with Crippen LogP contribution >= 0.6 is 0 Å². The van der Waals surface area contributed by atoms with Crippen LogP contribution in [0.5, 0.6) is 5.75 Å². The predicted octanol–water partition coefficient (Wildman–Crippen LogP) is 2.81. The van der Waals surface area contributed by atoms with Gasteiger partial charge >= 0.3 is 5.97 Å². The summed E-state index contributed by atoms with van der Waals surface area (Å²) in [7, 11) is -3.61. The van der Waals surface area contributed by atoms with Crippen LogP contribution in [0.25, 0.3) is 0 Å². The van der Waals surface area contributed by atoms with Gasteiger partial charge in [0.15, 0.2) is 0 Å². The number of rotatable bonds is 5. The number of nitrogens with zero attached hydrogens (tertiary/aromatic N) is 1. The number of aryl methyl sites for hydroxylation is 2. The molecule has 0 saturated carbocycles. The molecule has 30 heavy (non-hydrogen) atoms. The Balaban J connectivity index is 1.61. The van der Waals surface area contributed by atoms with E-state index in [4.69, 9.17) is 4.74 Å². The van der Waals surface area contributed by atoms with Crippen LogP contribution in [0, 0.1) is 13.8 Å². The summed E-state index contributed by atoms with van der Waals surface area (Å²) in [5, 5.41) is 0. The maximum absolute atomic E-state index is 12.8. The van der Waals surface area contributed by atoms with E-state index in [1.54, 1.807) is 41.3 Å². The number of esters is 1. The lowest BCUT2D eigenvalue weighted by Crippen LogP contribution is -2.46. The van der Waals surface area contributed by atoms with E-state index in [0.717, 1.165) is 11.1 Å². The number of sulfonamides is 1. The Morgan fingerprint density at radius 3 is 2.37 bits per heavy atom. The van der Waals surface area contributed by atoms with Gasteiger partial charge in [-0.15, -0.1) is 0 Å². The summed E-state index contributed by atoms with van der Waals surface area (Å²) < 4.78 is 33.2. The van der Waals surface area contributed by atoms with E-state index in [2.05, 4.69) is 4.72 Å². The van der Waals surface area contributed by atoms with Crippen molar-refractivity contribution in [2.45, 2.75) is 44.6 Å². The highest BCUT2D eigenvalue weighted by Gasteiger charge is 2.27. The molecule has 0 radical (unpaired) electrons. The molecular formula is C22H26N2O5S. The Bertz CT molecular complexity index is 1060. The van der Waals surface area contributed by atoms with Gasteiger partial charge in [-0.2, -0.15) is 0 Å². The van der Waals surface area contributed by atoms with Crippen molar-refractivity contribution in [2.24, 2.45) is 0 Å². The molecule has 0 aliphatic carbocycles. The van der Waals surface area contributed by atoms with Crippen LogP contribution in [0.4, 0.5) is 0 Å². The largest absolute Gasteiger partial charge is 0.427 e. The highest BCUT2D eigenvalue weighted by atomic mass is 32.2. The van der Waals surface area contributed by atoms with Gasteiger partial charge in [0, 0.05) is 31.6 Å². The van der Waals surface area contributed by atoms with Crippen LogP contribution in [0.1, 0.15) is 41.3 Å². The Morgan fingerprint density at radius 1 is 1.03 bits per heavy atom. The number of amides is 1. The zero-order valence-electron chi connectivity index (χ0n) is 17.3. The minimum Gasteiger partial charge on any atom is -0.427 e. The average molecular weight is 431 g/mol. The van der Waals surface area contributed by atoms with E-state index in [9.17, 15) is 18.0 Å². The molecule has 1 heterocycles. The molecule has 1 fully saturated rings. The third-order valence-electron chi connectivity index (χ3n) is 5.24. The molecule has 160 valence electrons. The SMILES string of the molecule is CC(=O)Oc1cccc(C(=O)N2CCC(NS(=O)(=O)c3ccc(C)c(C)c3)CC2)c1. The molecule has 2 aromatic carbocycles. The first-order chi connectivity index (χ1) is 14.2. The fourth-order valence-electron chi connectivity index (χ4n) is 3.41. The Kier molecular flexibility index (Phi) is 6.58. The molecule has 0 atom stereocenters. The van der Waals surface area contributed by atoms with Crippen molar-refractivity contribution in [1.82, 2.24) is 9.62 Å². The fourth-order valence-corrected chi connectivity index (χ4v) is 4.80. The van der Waals surface area contributed by atoms with E-state index in [1.165, 1.54) is 13.0 Å². The van der Waals surface area contributed by atoms with Gasteiger partial charge in [-0.3, -0.25) is 9.59 Å². The predicted molar refractivity (Wildman–Crippen MR) is 113 cm³/mol. The molecule has 0 spiro atoms. The first kappa shape index (κ1) is 22.0. The molecule has 1 N–H and O–H groups in total. The summed E-state index contributed by atoms with van der Waals surface area (Å²) in [6.07, 6.45) is 1.05. The fraction of sp³-hybridized carbons (Fsp3) is 0.364. The van der Waals surface area contributed by atoms with Crippen LogP contribution in [-0.2, 0) is 14.8 Å². The first-order valence-electron chi connectivity index (χ1n) is 9.83. The quantitative estimate of drug-likeness (QED) is 0.582. The molecular weight excluding hydrogens is 404 g/mol. The van der Waals surface area contributed by atoms with Crippen LogP contribution in [0.15, 0.2) is 47.4 Å². The number of hydrogen-bond donors (Lipinski definition) is 1. The van der Waals surface area contributed by atoms with Crippen LogP contribution in [0.2, 0.25) is 0 Å². The molecule has 3 rings (SSSR count). The number of benzene rings is 2. The first-order valence-corrected chi connectivity index (χ1v) is 11.3. The average Bonchev–Trinajstić information content (AvgIpc) is 2.69. The second-order valence-electron chi connectivity index (χ2n) is 7.56. The van der Waals surface area contributed by atoms with Gasteiger partial charge < -0.3 is 9.64 Å². The monoisotopic (exact) mass is 430 g/mol. The van der Waals surface area contributed by atoms with E-state index < -0.39 is 16.0 Å². The summed E-state index contributed by atoms with van der Waals surface area (Å²) in [5.41, 5.74) is 2.40. The van der Waals surface area contributed by atoms with Crippen LogP contribution < -0.4 is 9.46 Å². The maximum atomic E-state index is 12.8. The Labute approximate surface area is 177 Å². The number of ether oxygens (including phenoxy) is 1. The molecule has 0 aromatic heterocycles. The molecule has 8 heteroatoms. The van der Waals surface area contributed by atoms with Crippen molar-refractivity contribution < 1.29 is 22.7 Å². The van der Waals surface area contributed by atoms with E-state index in [-0.39, 0.29) is 16.8 Å². The van der Waals surface area contributed by atoms with Crippen molar-refractivity contribution in [3.8, 4) is 5.75 Å². The van der Waals surface area contributed by atoms with Crippen LogP contribution in [0.3, 0.4) is 0 Å². The second kappa shape index (κ2) is 8.97. The molecule has 1 aliphatic heterocycles. The van der Waals surface area contributed by atoms with Gasteiger partial charge in [0.2, 0.25) is 10.0 Å². The van der Waals surface area contributed by atoms with Gasteiger partial charge in [0.05, 0.1) is 4.90 Å². The van der Waals surface area contributed by atoms with Crippen molar-refractivity contribution in [3.63, 3.8) is 0 Å². The highest BCUT2D eigenvalue weighted by Crippen LogP contribution is 2.20.